The zero-order valence-electron chi connectivity index (χ0n) is 22.4. The van der Waals surface area contributed by atoms with Crippen molar-refractivity contribution in [1.29, 1.82) is 0 Å². The Kier molecular flexibility index (Phi) is 10.2. The Balaban J connectivity index is 1.28. The molecule has 0 bridgehead atoms. The molecule has 3 aromatic carbocycles. The predicted octanol–water partition coefficient (Wildman–Crippen LogP) is 4.94. The molecule has 1 N–H and O–H groups in total. The summed E-state index contributed by atoms with van der Waals surface area (Å²) in [6.07, 6.45) is 3.89. The topological polar surface area (TPSA) is 113 Å². The standard InChI is InChI=1S/C28H31Cl2N3O6S2/c1-40(35,36)33(25-18-23(29)17-24(30)19-25)20-21-5-7-22(8-6-21)28(34)31-13-16-39-26-9-11-27(12-10-26)41(37,38)32-14-3-2-4-15-32/h5-12,17-19H,2-4,13-16,20H2,1H3,(H,31,34). The van der Waals surface area contributed by atoms with Crippen LogP contribution in [-0.2, 0) is 26.6 Å². The molecule has 1 aliphatic rings. The third-order valence-corrected chi connectivity index (χ3v) is 10.0. The van der Waals surface area contributed by atoms with Crippen molar-refractivity contribution in [1.82, 2.24) is 9.62 Å². The first-order valence-electron chi connectivity index (χ1n) is 13.0. The number of nitrogens with zero attached hydrogens (tertiary/aromatic N) is 2. The van der Waals surface area contributed by atoms with Crippen LogP contribution < -0.4 is 14.4 Å². The number of anilines is 1. The number of halogens is 2. The number of carbonyl (C=O) groups is 1. The number of hydrogen-bond acceptors (Lipinski definition) is 6. The quantitative estimate of drug-likeness (QED) is 0.297. The number of piperidine rings is 1. The molecule has 0 spiro atoms. The van der Waals surface area contributed by atoms with E-state index in [2.05, 4.69) is 5.32 Å². The van der Waals surface area contributed by atoms with E-state index >= 15 is 0 Å². The van der Waals surface area contributed by atoms with Crippen molar-refractivity contribution in [3.63, 3.8) is 0 Å². The maximum atomic E-state index is 12.8. The Morgan fingerprint density at radius 3 is 2.10 bits per heavy atom. The van der Waals surface area contributed by atoms with Gasteiger partial charge in [0.1, 0.15) is 12.4 Å². The van der Waals surface area contributed by atoms with Gasteiger partial charge >= 0.3 is 0 Å². The minimum absolute atomic E-state index is 0.0311. The number of amides is 1. The summed E-state index contributed by atoms with van der Waals surface area (Å²) in [5.41, 5.74) is 1.40. The second-order valence-electron chi connectivity index (χ2n) is 9.63. The average Bonchev–Trinajstić information content (AvgIpc) is 2.94. The van der Waals surface area contributed by atoms with Gasteiger partial charge in [-0.05, 0) is 73.0 Å². The van der Waals surface area contributed by atoms with Crippen LogP contribution in [0.5, 0.6) is 5.75 Å². The molecular weight excluding hydrogens is 609 g/mol. The van der Waals surface area contributed by atoms with Crippen molar-refractivity contribution >= 4 is 54.8 Å². The average molecular weight is 641 g/mol. The van der Waals surface area contributed by atoms with E-state index in [9.17, 15) is 21.6 Å². The highest BCUT2D eigenvalue weighted by molar-refractivity contribution is 7.92. The summed E-state index contributed by atoms with van der Waals surface area (Å²) in [4.78, 5) is 12.8. The number of ether oxygens (including phenoxy) is 1. The van der Waals surface area contributed by atoms with Crippen LogP contribution in [0, 0.1) is 0 Å². The molecule has 0 atom stereocenters. The van der Waals surface area contributed by atoms with Crippen LogP contribution in [0.15, 0.2) is 71.6 Å². The van der Waals surface area contributed by atoms with Crippen LogP contribution in [0.25, 0.3) is 0 Å². The van der Waals surface area contributed by atoms with Gasteiger partial charge in [-0.1, -0.05) is 41.8 Å². The molecule has 3 aromatic rings. The summed E-state index contributed by atoms with van der Waals surface area (Å²) in [5, 5.41) is 3.40. The summed E-state index contributed by atoms with van der Waals surface area (Å²) in [5.74, 6) is 0.183. The van der Waals surface area contributed by atoms with Crippen LogP contribution in [0.4, 0.5) is 5.69 Å². The second kappa shape index (κ2) is 13.4. The monoisotopic (exact) mass is 639 g/mol. The molecule has 1 saturated heterocycles. The molecule has 1 amide bonds. The number of rotatable bonds is 11. The fourth-order valence-corrected chi connectivity index (χ4v) is 7.31. The summed E-state index contributed by atoms with van der Waals surface area (Å²) >= 11 is 12.1. The Morgan fingerprint density at radius 1 is 0.902 bits per heavy atom. The van der Waals surface area contributed by atoms with Crippen LogP contribution in [0.2, 0.25) is 10.0 Å². The van der Waals surface area contributed by atoms with Crippen molar-refractivity contribution < 1.29 is 26.4 Å². The molecule has 1 heterocycles. The SMILES string of the molecule is CS(=O)(=O)N(Cc1ccc(C(=O)NCCOc2ccc(S(=O)(=O)N3CCCCC3)cc2)cc1)c1cc(Cl)cc(Cl)c1. The molecule has 1 aliphatic heterocycles. The zero-order valence-corrected chi connectivity index (χ0v) is 25.6. The third kappa shape index (κ3) is 8.36. The van der Waals surface area contributed by atoms with Crippen molar-refractivity contribution in [2.24, 2.45) is 0 Å². The molecular formula is C28H31Cl2N3O6S2. The molecule has 0 unspecified atom stereocenters. The van der Waals surface area contributed by atoms with Gasteiger partial charge in [-0.2, -0.15) is 4.31 Å². The Hall–Kier alpha value is -2.83. The maximum Gasteiger partial charge on any atom is 0.251 e. The van der Waals surface area contributed by atoms with E-state index in [1.807, 2.05) is 0 Å². The van der Waals surface area contributed by atoms with Gasteiger partial charge in [0.15, 0.2) is 0 Å². The molecule has 4 rings (SSSR count). The third-order valence-electron chi connectivity index (χ3n) is 6.51. The van der Waals surface area contributed by atoms with Gasteiger partial charge < -0.3 is 10.1 Å². The minimum Gasteiger partial charge on any atom is -0.492 e. The first kappa shape index (κ1) is 31.1. The van der Waals surface area contributed by atoms with Gasteiger partial charge in [0.2, 0.25) is 20.0 Å². The molecule has 0 aromatic heterocycles. The van der Waals surface area contributed by atoms with E-state index in [0.717, 1.165) is 25.5 Å². The van der Waals surface area contributed by atoms with Gasteiger partial charge in [-0.15, -0.1) is 0 Å². The van der Waals surface area contributed by atoms with Crippen LogP contribution in [0.3, 0.4) is 0 Å². The van der Waals surface area contributed by atoms with E-state index in [1.165, 1.54) is 38.9 Å². The molecule has 0 radical (unpaired) electrons. The molecule has 0 saturated carbocycles. The predicted molar refractivity (Wildman–Crippen MR) is 161 cm³/mol. The van der Waals surface area contributed by atoms with Gasteiger partial charge in [0.05, 0.1) is 29.9 Å². The van der Waals surface area contributed by atoms with Gasteiger partial charge in [0.25, 0.3) is 5.91 Å². The zero-order chi connectivity index (χ0) is 29.6. The highest BCUT2D eigenvalue weighted by atomic mass is 35.5. The van der Waals surface area contributed by atoms with Crippen LogP contribution >= 0.6 is 23.2 Å². The molecule has 0 aliphatic carbocycles. The molecule has 1 fully saturated rings. The lowest BCUT2D eigenvalue weighted by Crippen LogP contribution is -2.35. The second-order valence-corrected chi connectivity index (χ2v) is 14.4. The van der Waals surface area contributed by atoms with E-state index in [-0.39, 0.29) is 30.5 Å². The first-order valence-corrected chi connectivity index (χ1v) is 17.0. The largest absolute Gasteiger partial charge is 0.492 e. The molecule has 41 heavy (non-hydrogen) atoms. The van der Waals surface area contributed by atoms with E-state index in [1.54, 1.807) is 36.4 Å². The van der Waals surface area contributed by atoms with Crippen molar-refractivity contribution in [2.45, 2.75) is 30.7 Å². The van der Waals surface area contributed by atoms with Crippen molar-refractivity contribution in [2.75, 3.05) is 36.8 Å². The van der Waals surface area contributed by atoms with Gasteiger partial charge in [-0.25, -0.2) is 16.8 Å². The summed E-state index contributed by atoms with van der Waals surface area (Å²) in [7, 11) is -7.14. The van der Waals surface area contributed by atoms with Gasteiger partial charge in [-0.3, -0.25) is 9.10 Å². The normalized spacial score (nSPS) is 14.4. The van der Waals surface area contributed by atoms with Crippen molar-refractivity contribution in [3.8, 4) is 5.75 Å². The number of nitrogens with one attached hydrogen (secondary N) is 1. The first-order chi connectivity index (χ1) is 19.4. The lowest BCUT2D eigenvalue weighted by Gasteiger charge is -2.25. The number of hydrogen-bond donors (Lipinski definition) is 1. The highest BCUT2D eigenvalue weighted by Crippen LogP contribution is 2.28. The summed E-state index contributed by atoms with van der Waals surface area (Å²) < 4.78 is 58.8. The fourth-order valence-electron chi connectivity index (χ4n) is 4.41. The van der Waals surface area contributed by atoms with Gasteiger partial charge in [0, 0.05) is 28.7 Å². The number of benzene rings is 3. The van der Waals surface area contributed by atoms with Crippen LogP contribution in [0.1, 0.15) is 35.2 Å². The number of carbonyl (C=O) groups excluding carboxylic acids is 1. The molecule has 9 nitrogen and oxygen atoms in total. The van der Waals surface area contributed by atoms with E-state index < -0.39 is 20.0 Å². The van der Waals surface area contributed by atoms with Crippen molar-refractivity contribution in [3.05, 3.63) is 87.9 Å². The molecule has 220 valence electrons. The van der Waals surface area contributed by atoms with Crippen LogP contribution in [-0.4, -0.2) is 59.5 Å². The Labute approximate surface area is 251 Å². The Bertz CT molecular complexity index is 1560. The molecule has 13 heteroatoms. The smallest absolute Gasteiger partial charge is 0.251 e. The van der Waals surface area contributed by atoms with E-state index in [4.69, 9.17) is 27.9 Å². The lowest BCUT2D eigenvalue weighted by molar-refractivity contribution is 0.0947. The maximum absolute atomic E-state index is 12.8. The highest BCUT2D eigenvalue weighted by Gasteiger charge is 2.25. The fraction of sp³-hybridized carbons (Fsp3) is 0.321. The van der Waals surface area contributed by atoms with E-state index in [0.29, 0.717) is 45.7 Å². The Morgan fingerprint density at radius 2 is 1.51 bits per heavy atom. The minimum atomic E-state index is -3.64. The summed E-state index contributed by atoms with van der Waals surface area (Å²) in [6, 6.07) is 17.4. The summed E-state index contributed by atoms with van der Waals surface area (Å²) in [6.45, 7) is 1.53. The lowest BCUT2D eigenvalue weighted by atomic mass is 10.1. The number of sulfonamides is 2.